The van der Waals surface area contributed by atoms with Crippen molar-refractivity contribution in [2.75, 3.05) is 7.05 Å². The minimum absolute atomic E-state index is 0.306. The summed E-state index contributed by atoms with van der Waals surface area (Å²) in [5.74, 6) is 1.66. The zero-order chi connectivity index (χ0) is 9.14. The second-order valence-electron chi connectivity index (χ2n) is 4.36. The molecule has 1 fully saturated rings. The molecule has 2 heteroatoms. The summed E-state index contributed by atoms with van der Waals surface area (Å²) < 4.78 is 0. The standard InChI is InChI=1S/C10H20NO/c1-8(2)9-4-6-10(7-5-9)11(3)12/h8-10H,4-7H2,1-3H3/q-1. The van der Waals surface area contributed by atoms with Crippen molar-refractivity contribution in [3.05, 3.63) is 5.21 Å². The normalized spacial score (nSPS) is 31.5. The highest BCUT2D eigenvalue weighted by atomic mass is 16.5. The van der Waals surface area contributed by atoms with Crippen molar-refractivity contribution < 1.29 is 0 Å². The molecule has 0 atom stereocenters. The van der Waals surface area contributed by atoms with Gasteiger partial charge in [-0.25, -0.2) is 0 Å². The Kier molecular flexibility index (Phi) is 3.53. The van der Waals surface area contributed by atoms with E-state index in [1.165, 1.54) is 12.8 Å². The molecule has 0 aromatic rings. The molecule has 0 saturated heterocycles. The molecule has 1 aliphatic carbocycles. The van der Waals surface area contributed by atoms with Gasteiger partial charge in [0.05, 0.1) is 0 Å². The van der Waals surface area contributed by atoms with E-state index in [1.807, 2.05) is 0 Å². The number of hydroxylamine groups is 2. The van der Waals surface area contributed by atoms with Gasteiger partial charge in [-0.05, 0) is 50.6 Å². The van der Waals surface area contributed by atoms with Crippen LogP contribution in [0.15, 0.2) is 0 Å². The number of hydrogen-bond donors (Lipinski definition) is 0. The largest absolute Gasteiger partial charge is 0.785 e. The van der Waals surface area contributed by atoms with Crippen molar-refractivity contribution in [3.8, 4) is 0 Å². The molecule has 72 valence electrons. The number of nitrogens with zero attached hydrogens (tertiary/aromatic N) is 1. The SMILES string of the molecule is CC(C)C1CCC(N(C)[O-])CC1. The highest BCUT2D eigenvalue weighted by Gasteiger charge is 2.22. The fourth-order valence-corrected chi connectivity index (χ4v) is 2.13. The summed E-state index contributed by atoms with van der Waals surface area (Å²) in [6.07, 6.45) is 4.69. The molecule has 0 heterocycles. The lowest BCUT2D eigenvalue weighted by Crippen LogP contribution is -2.32. The van der Waals surface area contributed by atoms with Gasteiger partial charge in [0, 0.05) is 0 Å². The third kappa shape index (κ3) is 2.46. The molecule has 1 rings (SSSR count). The number of hydrogen-bond acceptors (Lipinski definition) is 2. The topological polar surface area (TPSA) is 26.3 Å². The summed E-state index contributed by atoms with van der Waals surface area (Å²) >= 11 is 0. The Morgan fingerprint density at radius 2 is 1.67 bits per heavy atom. The quantitative estimate of drug-likeness (QED) is 0.595. The zero-order valence-corrected chi connectivity index (χ0v) is 8.42. The van der Waals surface area contributed by atoms with Gasteiger partial charge in [0.25, 0.3) is 0 Å². The molecule has 0 spiro atoms. The minimum Gasteiger partial charge on any atom is -0.785 e. The monoisotopic (exact) mass is 170 g/mol. The third-order valence-corrected chi connectivity index (χ3v) is 3.20. The Morgan fingerprint density at radius 1 is 1.17 bits per heavy atom. The molecular formula is C10H20NO-. The van der Waals surface area contributed by atoms with Gasteiger partial charge >= 0.3 is 0 Å². The minimum atomic E-state index is 0.306. The maximum atomic E-state index is 11.0. The average molecular weight is 170 g/mol. The zero-order valence-electron chi connectivity index (χ0n) is 8.42. The first-order valence-electron chi connectivity index (χ1n) is 5.01. The Labute approximate surface area is 75.5 Å². The van der Waals surface area contributed by atoms with Crippen LogP contribution in [0.5, 0.6) is 0 Å². The summed E-state index contributed by atoms with van der Waals surface area (Å²) in [5, 5.41) is 12.1. The Morgan fingerprint density at radius 3 is 2.00 bits per heavy atom. The average Bonchev–Trinajstić information content (AvgIpc) is 2.04. The molecule has 1 saturated carbocycles. The lowest BCUT2D eigenvalue weighted by Gasteiger charge is -2.39. The maximum absolute atomic E-state index is 11.0. The van der Waals surface area contributed by atoms with Crippen LogP contribution in [-0.4, -0.2) is 18.2 Å². The first-order chi connectivity index (χ1) is 5.61. The van der Waals surface area contributed by atoms with Crippen LogP contribution in [0.25, 0.3) is 0 Å². The van der Waals surface area contributed by atoms with E-state index in [4.69, 9.17) is 0 Å². The highest BCUT2D eigenvalue weighted by Crippen LogP contribution is 2.31. The molecule has 0 aliphatic heterocycles. The van der Waals surface area contributed by atoms with E-state index in [-0.39, 0.29) is 0 Å². The fraction of sp³-hybridized carbons (Fsp3) is 1.00. The van der Waals surface area contributed by atoms with Crippen molar-refractivity contribution in [1.29, 1.82) is 0 Å². The van der Waals surface area contributed by atoms with Gasteiger partial charge in [-0.1, -0.05) is 13.8 Å². The van der Waals surface area contributed by atoms with Gasteiger partial charge in [0.1, 0.15) is 0 Å². The van der Waals surface area contributed by atoms with Crippen LogP contribution < -0.4 is 0 Å². The third-order valence-electron chi connectivity index (χ3n) is 3.20. The maximum Gasteiger partial charge on any atom is -0.00280 e. The molecule has 2 nitrogen and oxygen atoms in total. The molecule has 0 amide bonds. The Balaban J connectivity index is 2.30. The summed E-state index contributed by atoms with van der Waals surface area (Å²) in [6, 6.07) is 0.306. The van der Waals surface area contributed by atoms with E-state index in [2.05, 4.69) is 13.8 Å². The van der Waals surface area contributed by atoms with Crippen molar-refractivity contribution in [2.45, 2.75) is 45.6 Å². The van der Waals surface area contributed by atoms with E-state index < -0.39 is 0 Å². The van der Waals surface area contributed by atoms with Crippen LogP contribution in [0.1, 0.15) is 39.5 Å². The molecule has 0 aromatic heterocycles. The molecule has 0 aromatic carbocycles. The second kappa shape index (κ2) is 4.24. The van der Waals surface area contributed by atoms with Crippen molar-refractivity contribution in [3.63, 3.8) is 0 Å². The van der Waals surface area contributed by atoms with Gasteiger partial charge in [-0.3, -0.25) is 0 Å². The molecule has 12 heavy (non-hydrogen) atoms. The predicted molar refractivity (Wildman–Crippen MR) is 51.7 cm³/mol. The van der Waals surface area contributed by atoms with E-state index in [9.17, 15) is 5.21 Å². The van der Waals surface area contributed by atoms with E-state index in [0.717, 1.165) is 29.7 Å². The van der Waals surface area contributed by atoms with Crippen molar-refractivity contribution >= 4 is 0 Å². The molecule has 0 unspecified atom stereocenters. The second-order valence-corrected chi connectivity index (χ2v) is 4.36. The van der Waals surface area contributed by atoms with E-state index >= 15 is 0 Å². The van der Waals surface area contributed by atoms with Crippen molar-refractivity contribution in [1.82, 2.24) is 5.06 Å². The van der Waals surface area contributed by atoms with Gasteiger partial charge < -0.3 is 10.3 Å². The van der Waals surface area contributed by atoms with Crippen LogP contribution in [0.3, 0.4) is 0 Å². The molecule has 0 bridgehead atoms. The van der Waals surface area contributed by atoms with Gasteiger partial charge in [0.15, 0.2) is 0 Å². The molecule has 0 N–H and O–H groups in total. The smallest absolute Gasteiger partial charge is 0.00280 e. The Hall–Kier alpha value is -0.0800. The van der Waals surface area contributed by atoms with E-state index in [0.29, 0.717) is 6.04 Å². The van der Waals surface area contributed by atoms with Crippen LogP contribution in [0, 0.1) is 17.0 Å². The van der Waals surface area contributed by atoms with Crippen LogP contribution in [0.4, 0.5) is 0 Å². The molecule has 1 aliphatic rings. The van der Waals surface area contributed by atoms with Gasteiger partial charge in [-0.15, -0.1) is 0 Å². The summed E-state index contributed by atoms with van der Waals surface area (Å²) in [6.45, 7) is 4.57. The fourth-order valence-electron chi connectivity index (χ4n) is 2.13. The highest BCUT2D eigenvalue weighted by molar-refractivity contribution is 4.79. The molecular weight excluding hydrogens is 150 g/mol. The first-order valence-corrected chi connectivity index (χ1v) is 5.01. The predicted octanol–water partition coefficient (Wildman–Crippen LogP) is 2.63. The first kappa shape index (κ1) is 10.0. The summed E-state index contributed by atoms with van der Waals surface area (Å²) in [4.78, 5) is 0. The lowest BCUT2D eigenvalue weighted by molar-refractivity contribution is 0.184. The summed E-state index contributed by atoms with van der Waals surface area (Å²) in [5.41, 5.74) is 0. The lowest BCUT2D eigenvalue weighted by atomic mass is 9.80. The van der Waals surface area contributed by atoms with Crippen LogP contribution in [-0.2, 0) is 0 Å². The van der Waals surface area contributed by atoms with Gasteiger partial charge in [0.2, 0.25) is 0 Å². The summed E-state index contributed by atoms with van der Waals surface area (Å²) in [7, 11) is 1.65. The van der Waals surface area contributed by atoms with E-state index in [1.54, 1.807) is 7.05 Å². The van der Waals surface area contributed by atoms with Crippen molar-refractivity contribution in [2.24, 2.45) is 11.8 Å². The Bertz CT molecular complexity index is 110. The van der Waals surface area contributed by atoms with Gasteiger partial charge in [-0.2, -0.15) is 0 Å². The molecule has 0 radical (unpaired) electrons. The van der Waals surface area contributed by atoms with Crippen LogP contribution in [0.2, 0.25) is 0 Å². The van der Waals surface area contributed by atoms with Crippen LogP contribution >= 0.6 is 0 Å². The number of rotatable bonds is 2.